The van der Waals surface area contributed by atoms with Gasteiger partial charge in [-0.25, -0.2) is 4.98 Å². The van der Waals surface area contributed by atoms with E-state index in [4.69, 9.17) is 9.47 Å². The Bertz CT molecular complexity index is 1510. The SMILES string of the molecule is Cc1ccc(NC(=O)C2(c3ccc4c(c3)OCO4)CC2)cc1-c1ccc(C(=O)NCCc2cnc[nH]2)cc1.[HH].[HH].[HH]. The highest BCUT2D eigenvalue weighted by atomic mass is 16.7. The molecular weight excluding hydrogens is 480 g/mol. The highest BCUT2D eigenvalue weighted by molar-refractivity contribution is 6.02. The molecule has 2 aliphatic rings. The van der Waals surface area contributed by atoms with Crippen LogP contribution in [0.1, 0.15) is 44.3 Å². The number of imidazole rings is 1. The predicted molar refractivity (Wildman–Crippen MR) is 150 cm³/mol. The average Bonchev–Trinajstić information content (AvgIpc) is 3.33. The van der Waals surface area contributed by atoms with E-state index in [1.54, 1.807) is 12.5 Å². The number of benzene rings is 3. The van der Waals surface area contributed by atoms with E-state index in [-0.39, 0.29) is 22.9 Å². The molecule has 3 N–H and O–H groups in total. The summed E-state index contributed by atoms with van der Waals surface area (Å²) < 4.78 is 10.9. The molecule has 38 heavy (non-hydrogen) atoms. The lowest BCUT2D eigenvalue weighted by Crippen LogP contribution is -2.27. The highest BCUT2D eigenvalue weighted by Crippen LogP contribution is 2.51. The van der Waals surface area contributed by atoms with Crippen molar-refractivity contribution in [3.8, 4) is 22.6 Å². The third-order valence-corrected chi connectivity index (χ3v) is 7.30. The molecular formula is C30H34N4O4. The van der Waals surface area contributed by atoms with E-state index in [2.05, 4.69) is 20.6 Å². The largest absolute Gasteiger partial charge is 0.454 e. The molecule has 2 amide bonds. The smallest absolute Gasteiger partial charge is 0.251 e. The first-order valence-electron chi connectivity index (χ1n) is 12.7. The van der Waals surface area contributed by atoms with E-state index in [0.29, 0.717) is 30.0 Å². The van der Waals surface area contributed by atoms with Gasteiger partial charge < -0.3 is 25.1 Å². The van der Waals surface area contributed by atoms with Gasteiger partial charge in [0.2, 0.25) is 12.7 Å². The molecule has 198 valence electrons. The van der Waals surface area contributed by atoms with Crippen LogP contribution >= 0.6 is 0 Å². The van der Waals surface area contributed by atoms with Gasteiger partial charge in [-0.15, -0.1) is 0 Å². The van der Waals surface area contributed by atoms with Crippen molar-refractivity contribution in [2.45, 2.75) is 31.6 Å². The van der Waals surface area contributed by atoms with E-state index in [0.717, 1.165) is 46.5 Å². The van der Waals surface area contributed by atoms with Crippen LogP contribution in [0, 0.1) is 6.92 Å². The van der Waals surface area contributed by atoms with Gasteiger partial charge in [-0.1, -0.05) is 24.3 Å². The Morgan fingerprint density at radius 3 is 2.61 bits per heavy atom. The second-order valence-electron chi connectivity index (χ2n) is 9.79. The first kappa shape index (κ1) is 23.8. The number of hydrogen-bond acceptors (Lipinski definition) is 5. The lowest BCUT2D eigenvalue weighted by Gasteiger charge is -2.17. The van der Waals surface area contributed by atoms with Gasteiger partial charge in [0.25, 0.3) is 5.91 Å². The zero-order chi connectivity index (χ0) is 26.1. The topological polar surface area (TPSA) is 105 Å². The summed E-state index contributed by atoms with van der Waals surface area (Å²) in [6.45, 7) is 2.77. The molecule has 1 saturated carbocycles. The van der Waals surface area contributed by atoms with Crippen LogP contribution in [-0.4, -0.2) is 35.1 Å². The standard InChI is InChI=1S/C30H28N4O4.3H2/c1-19-2-8-23(34-29(36)30(11-12-30)22-7-9-26-27(14-22)38-18-37-26)15-25(19)20-3-5-21(6-4-20)28(35)32-13-10-24-16-31-17-33-24;;;/h2-9,14-17H,10-13,18H2,1H3,(H,31,33)(H,32,35)(H,34,36);3*1H. The number of nitrogens with zero attached hydrogens (tertiary/aromatic N) is 1. The molecule has 0 atom stereocenters. The van der Waals surface area contributed by atoms with Crippen molar-refractivity contribution in [2.24, 2.45) is 0 Å². The highest BCUT2D eigenvalue weighted by Gasteiger charge is 2.51. The summed E-state index contributed by atoms with van der Waals surface area (Å²) in [6.07, 6.45) is 5.66. The van der Waals surface area contributed by atoms with Gasteiger partial charge >= 0.3 is 0 Å². The number of fused-ring (bicyclic) bond motifs is 1. The minimum absolute atomic E-state index is 0. The summed E-state index contributed by atoms with van der Waals surface area (Å²) in [4.78, 5) is 32.9. The molecule has 1 aromatic heterocycles. The Kier molecular flexibility index (Phi) is 6.07. The van der Waals surface area contributed by atoms with Crippen LogP contribution in [0.3, 0.4) is 0 Å². The number of nitrogens with one attached hydrogen (secondary N) is 3. The second kappa shape index (κ2) is 9.70. The molecule has 4 aromatic rings. The van der Waals surface area contributed by atoms with Gasteiger partial charge in [0, 0.05) is 40.4 Å². The molecule has 1 aliphatic heterocycles. The molecule has 0 saturated heterocycles. The molecule has 2 heterocycles. The Morgan fingerprint density at radius 1 is 1.03 bits per heavy atom. The molecule has 3 aromatic carbocycles. The summed E-state index contributed by atoms with van der Waals surface area (Å²) >= 11 is 0. The molecule has 1 aliphatic carbocycles. The normalized spacial score (nSPS) is 14.7. The maximum absolute atomic E-state index is 13.4. The van der Waals surface area contributed by atoms with Crippen LogP contribution in [0.25, 0.3) is 11.1 Å². The number of rotatable bonds is 8. The zero-order valence-electron chi connectivity index (χ0n) is 21.0. The maximum Gasteiger partial charge on any atom is 0.251 e. The van der Waals surface area contributed by atoms with Crippen LogP contribution < -0.4 is 20.1 Å². The van der Waals surface area contributed by atoms with Gasteiger partial charge in [0.1, 0.15) is 0 Å². The number of anilines is 1. The lowest BCUT2D eigenvalue weighted by molar-refractivity contribution is -0.118. The van der Waals surface area contributed by atoms with Gasteiger partial charge in [0.15, 0.2) is 11.5 Å². The van der Waals surface area contributed by atoms with Crippen molar-refractivity contribution in [1.29, 1.82) is 0 Å². The summed E-state index contributed by atoms with van der Waals surface area (Å²) in [6, 6.07) is 19.2. The molecule has 0 spiro atoms. The molecule has 0 radical (unpaired) electrons. The summed E-state index contributed by atoms with van der Waals surface area (Å²) in [5.41, 5.74) is 5.78. The Balaban J connectivity index is 0.00000154. The van der Waals surface area contributed by atoms with Crippen molar-refractivity contribution < 1.29 is 23.3 Å². The molecule has 1 fully saturated rings. The molecule has 8 nitrogen and oxygen atoms in total. The summed E-state index contributed by atoms with van der Waals surface area (Å²) in [7, 11) is 0. The van der Waals surface area contributed by atoms with Gasteiger partial charge in [-0.2, -0.15) is 0 Å². The number of amides is 2. The fourth-order valence-electron chi connectivity index (χ4n) is 4.86. The second-order valence-corrected chi connectivity index (χ2v) is 9.79. The first-order chi connectivity index (χ1) is 18.5. The Labute approximate surface area is 224 Å². The van der Waals surface area contributed by atoms with Crippen molar-refractivity contribution in [2.75, 3.05) is 18.7 Å². The number of hydrogen-bond donors (Lipinski definition) is 3. The van der Waals surface area contributed by atoms with E-state index in [1.165, 1.54) is 0 Å². The fraction of sp³-hybridized carbons (Fsp3) is 0.233. The van der Waals surface area contributed by atoms with E-state index < -0.39 is 5.41 Å². The summed E-state index contributed by atoms with van der Waals surface area (Å²) in [5, 5.41) is 6.07. The van der Waals surface area contributed by atoms with Crippen LogP contribution in [-0.2, 0) is 16.6 Å². The fourth-order valence-corrected chi connectivity index (χ4v) is 4.86. The first-order valence-corrected chi connectivity index (χ1v) is 12.7. The minimum Gasteiger partial charge on any atom is -0.454 e. The molecule has 6 rings (SSSR count). The van der Waals surface area contributed by atoms with E-state index >= 15 is 0 Å². The summed E-state index contributed by atoms with van der Waals surface area (Å²) in [5.74, 6) is 1.26. The van der Waals surface area contributed by atoms with Gasteiger partial charge in [0.05, 0.1) is 11.7 Å². The monoisotopic (exact) mass is 514 g/mol. The molecule has 0 unspecified atom stereocenters. The van der Waals surface area contributed by atoms with Crippen molar-refractivity contribution >= 4 is 17.5 Å². The number of aryl methyl sites for hydroxylation is 1. The van der Waals surface area contributed by atoms with E-state index in [1.807, 2.05) is 67.6 Å². The number of aromatic amines is 1. The third kappa shape index (κ3) is 4.61. The van der Waals surface area contributed by atoms with Crippen molar-refractivity contribution in [3.05, 3.63) is 95.6 Å². The number of H-pyrrole nitrogens is 1. The van der Waals surface area contributed by atoms with Crippen LogP contribution in [0.4, 0.5) is 5.69 Å². The van der Waals surface area contributed by atoms with Crippen molar-refractivity contribution in [3.63, 3.8) is 0 Å². The number of carbonyl (C=O) groups excluding carboxylic acids is 2. The third-order valence-electron chi connectivity index (χ3n) is 7.30. The maximum atomic E-state index is 13.4. The lowest BCUT2D eigenvalue weighted by atomic mass is 9.94. The Hall–Kier alpha value is -4.59. The van der Waals surface area contributed by atoms with Gasteiger partial charge in [-0.3, -0.25) is 9.59 Å². The number of ether oxygens (including phenoxy) is 2. The number of aromatic nitrogens is 2. The van der Waals surface area contributed by atoms with Crippen LogP contribution in [0.5, 0.6) is 11.5 Å². The zero-order valence-corrected chi connectivity index (χ0v) is 21.0. The number of carbonyl (C=O) groups is 2. The van der Waals surface area contributed by atoms with E-state index in [9.17, 15) is 9.59 Å². The van der Waals surface area contributed by atoms with Crippen LogP contribution in [0.15, 0.2) is 73.2 Å². The Morgan fingerprint density at radius 2 is 1.84 bits per heavy atom. The molecule has 8 heteroatoms. The average molecular weight is 515 g/mol. The molecule has 0 bridgehead atoms. The van der Waals surface area contributed by atoms with Crippen molar-refractivity contribution in [1.82, 2.24) is 15.3 Å². The van der Waals surface area contributed by atoms with Crippen LogP contribution in [0.2, 0.25) is 0 Å². The predicted octanol–water partition coefficient (Wildman–Crippen LogP) is 5.49. The van der Waals surface area contributed by atoms with Gasteiger partial charge in [-0.05, 0) is 78.4 Å². The minimum atomic E-state index is -0.543. The quantitative estimate of drug-likeness (QED) is 0.288.